The average Bonchev–Trinajstić information content (AvgIpc) is 2.28. The molecule has 0 aliphatic rings. The molecule has 19 heavy (non-hydrogen) atoms. The zero-order valence-electron chi connectivity index (χ0n) is 11.9. The van der Waals surface area contributed by atoms with Gasteiger partial charge in [0.15, 0.2) is 0 Å². The molecule has 0 aliphatic heterocycles. The molecule has 0 atom stereocenters. The van der Waals surface area contributed by atoms with Gasteiger partial charge in [0.1, 0.15) is 5.76 Å². The minimum absolute atomic E-state index is 0.287. The fourth-order valence-electron chi connectivity index (χ4n) is 1.86. The van der Waals surface area contributed by atoms with Crippen molar-refractivity contribution in [3.05, 3.63) is 37.1 Å². The molecule has 0 spiro atoms. The third-order valence-corrected chi connectivity index (χ3v) is 2.48. The van der Waals surface area contributed by atoms with Crippen LogP contribution < -0.4 is 0 Å². The average molecular weight is 266 g/mol. The van der Waals surface area contributed by atoms with Crippen LogP contribution in [0.5, 0.6) is 0 Å². The van der Waals surface area contributed by atoms with E-state index in [4.69, 9.17) is 9.47 Å². The molecule has 0 amide bonds. The van der Waals surface area contributed by atoms with Crippen LogP contribution in [0, 0.1) is 5.41 Å². The Morgan fingerprint density at radius 3 is 2.05 bits per heavy atom. The van der Waals surface area contributed by atoms with Gasteiger partial charge in [0.2, 0.25) is 0 Å². The van der Waals surface area contributed by atoms with E-state index in [1.54, 1.807) is 32.1 Å². The molecule has 0 aromatic heterocycles. The van der Waals surface area contributed by atoms with Crippen molar-refractivity contribution < 1.29 is 19.1 Å². The van der Waals surface area contributed by atoms with Gasteiger partial charge in [0, 0.05) is 6.92 Å². The molecule has 0 heterocycles. The summed E-state index contributed by atoms with van der Waals surface area (Å²) in [4.78, 5) is 23.1. The Kier molecular flexibility index (Phi) is 7.49. The van der Waals surface area contributed by atoms with E-state index >= 15 is 0 Å². The van der Waals surface area contributed by atoms with Crippen LogP contribution in [0.4, 0.5) is 0 Å². The van der Waals surface area contributed by atoms with E-state index in [0.717, 1.165) is 0 Å². The van der Waals surface area contributed by atoms with Crippen LogP contribution in [0.2, 0.25) is 0 Å². The molecule has 0 fully saturated rings. The monoisotopic (exact) mass is 266 g/mol. The SMILES string of the molecule is C=CCC(/C=C(\C)OC(C)=O)(CC=C)C(=O)OCC. The van der Waals surface area contributed by atoms with Gasteiger partial charge < -0.3 is 9.47 Å². The molecule has 0 radical (unpaired) electrons. The van der Waals surface area contributed by atoms with Crippen LogP contribution in [0.1, 0.15) is 33.6 Å². The normalized spacial score (nSPS) is 11.6. The topological polar surface area (TPSA) is 52.6 Å². The fourth-order valence-corrected chi connectivity index (χ4v) is 1.86. The summed E-state index contributed by atoms with van der Waals surface area (Å²) < 4.78 is 10.1. The van der Waals surface area contributed by atoms with Gasteiger partial charge in [-0.1, -0.05) is 12.2 Å². The molecule has 0 aromatic carbocycles. The highest BCUT2D eigenvalue weighted by atomic mass is 16.5. The Labute approximate surface area is 114 Å². The predicted octanol–water partition coefficient (Wildman–Crippen LogP) is 3.16. The summed E-state index contributed by atoms with van der Waals surface area (Å²) in [6.07, 6.45) is 5.65. The highest BCUT2D eigenvalue weighted by Gasteiger charge is 2.36. The van der Waals surface area contributed by atoms with Gasteiger partial charge in [0.25, 0.3) is 0 Å². The van der Waals surface area contributed by atoms with Crippen molar-refractivity contribution in [2.45, 2.75) is 33.6 Å². The Morgan fingerprint density at radius 1 is 1.16 bits per heavy atom. The lowest BCUT2D eigenvalue weighted by molar-refractivity contribution is -0.152. The maximum Gasteiger partial charge on any atom is 0.316 e. The summed E-state index contributed by atoms with van der Waals surface area (Å²) in [5.41, 5.74) is -0.918. The third-order valence-electron chi connectivity index (χ3n) is 2.48. The summed E-state index contributed by atoms with van der Waals surface area (Å²) in [5.74, 6) is -0.436. The lowest BCUT2D eigenvalue weighted by Crippen LogP contribution is -2.31. The van der Waals surface area contributed by atoms with Crippen LogP contribution in [0.3, 0.4) is 0 Å². The number of hydrogen-bond donors (Lipinski definition) is 0. The van der Waals surface area contributed by atoms with Crippen molar-refractivity contribution in [1.82, 2.24) is 0 Å². The number of ether oxygens (including phenoxy) is 2. The predicted molar refractivity (Wildman–Crippen MR) is 74.2 cm³/mol. The molecule has 0 unspecified atom stereocenters. The van der Waals surface area contributed by atoms with E-state index < -0.39 is 11.4 Å². The van der Waals surface area contributed by atoms with E-state index in [-0.39, 0.29) is 12.6 Å². The zero-order valence-corrected chi connectivity index (χ0v) is 11.9. The number of carbonyl (C=O) groups is 2. The summed E-state index contributed by atoms with van der Waals surface area (Å²) in [7, 11) is 0. The second-order valence-corrected chi connectivity index (χ2v) is 4.21. The van der Waals surface area contributed by atoms with Gasteiger partial charge in [-0.15, -0.1) is 13.2 Å². The maximum atomic E-state index is 12.2. The lowest BCUT2D eigenvalue weighted by Gasteiger charge is -2.26. The maximum absolute atomic E-state index is 12.2. The molecule has 0 rings (SSSR count). The first-order chi connectivity index (χ1) is 8.91. The second kappa shape index (κ2) is 8.29. The first kappa shape index (κ1) is 17.2. The summed E-state index contributed by atoms with van der Waals surface area (Å²) >= 11 is 0. The van der Waals surface area contributed by atoms with E-state index in [1.165, 1.54) is 6.92 Å². The number of rotatable bonds is 8. The Balaban J connectivity index is 5.42. The number of carbonyl (C=O) groups excluding carboxylic acids is 2. The van der Waals surface area contributed by atoms with Crippen molar-refractivity contribution in [2.24, 2.45) is 5.41 Å². The lowest BCUT2D eigenvalue weighted by atomic mass is 9.80. The molecule has 0 bridgehead atoms. The molecule has 0 aromatic rings. The van der Waals surface area contributed by atoms with Crippen LogP contribution in [0.15, 0.2) is 37.1 Å². The Hall–Kier alpha value is -1.84. The molecule has 106 valence electrons. The van der Waals surface area contributed by atoms with Gasteiger partial charge in [0.05, 0.1) is 12.0 Å². The molecular formula is C15H22O4. The van der Waals surface area contributed by atoms with E-state index in [2.05, 4.69) is 13.2 Å². The highest BCUT2D eigenvalue weighted by Crippen LogP contribution is 2.33. The number of allylic oxidation sites excluding steroid dienone is 3. The second-order valence-electron chi connectivity index (χ2n) is 4.21. The van der Waals surface area contributed by atoms with E-state index in [1.807, 2.05) is 0 Å². The molecule has 4 heteroatoms. The largest absolute Gasteiger partial charge is 0.465 e. The minimum atomic E-state index is -0.918. The van der Waals surface area contributed by atoms with Gasteiger partial charge in [-0.25, -0.2) is 0 Å². The van der Waals surface area contributed by atoms with Crippen LogP contribution in [-0.4, -0.2) is 18.5 Å². The summed E-state index contributed by atoms with van der Waals surface area (Å²) in [6.45, 7) is 12.3. The van der Waals surface area contributed by atoms with Crippen molar-refractivity contribution in [3.8, 4) is 0 Å². The fraction of sp³-hybridized carbons (Fsp3) is 0.467. The summed E-state index contributed by atoms with van der Waals surface area (Å²) in [5, 5.41) is 0. The van der Waals surface area contributed by atoms with Crippen LogP contribution in [-0.2, 0) is 19.1 Å². The first-order valence-corrected chi connectivity index (χ1v) is 6.18. The van der Waals surface area contributed by atoms with Crippen molar-refractivity contribution in [1.29, 1.82) is 0 Å². The Bertz CT molecular complexity index is 370. The highest BCUT2D eigenvalue weighted by molar-refractivity contribution is 5.80. The van der Waals surface area contributed by atoms with Crippen molar-refractivity contribution >= 4 is 11.9 Å². The van der Waals surface area contributed by atoms with Crippen LogP contribution in [0.25, 0.3) is 0 Å². The molecule has 0 saturated carbocycles. The molecule has 0 aliphatic carbocycles. The molecule has 0 saturated heterocycles. The quantitative estimate of drug-likeness (QED) is 0.385. The summed E-state index contributed by atoms with van der Waals surface area (Å²) in [6, 6.07) is 0. The molecule has 4 nitrogen and oxygen atoms in total. The van der Waals surface area contributed by atoms with Gasteiger partial charge in [-0.2, -0.15) is 0 Å². The third kappa shape index (κ3) is 5.55. The van der Waals surface area contributed by atoms with E-state index in [9.17, 15) is 9.59 Å². The molecular weight excluding hydrogens is 244 g/mol. The van der Waals surface area contributed by atoms with E-state index in [0.29, 0.717) is 18.6 Å². The number of esters is 2. The van der Waals surface area contributed by atoms with Crippen molar-refractivity contribution in [3.63, 3.8) is 0 Å². The standard InChI is InChI=1S/C15H22O4/c1-6-9-15(10-7-2,14(17)18-8-3)11-12(4)19-13(5)16/h6-7,11H,1-2,8-10H2,3-5H3/b12-11+. The van der Waals surface area contributed by atoms with Gasteiger partial charge in [-0.05, 0) is 32.8 Å². The zero-order chi connectivity index (χ0) is 14.9. The van der Waals surface area contributed by atoms with Gasteiger partial charge >= 0.3 is 11.9 Å². The smallest absolute Gasteiger partial charge is 0.316 e. The number of hydrogen-bond acceptors (Lipinski definition) is 4. The van der Waals surface area contributed by atoms with Crippen molar-refractivity contribution in [2.75, 3.05) is 6.61 Å². The van der Waals surface area contributed by atoms with Gasteiger partial charge in [-0.3, -0.25) is 9.59 Å². The molecule has 0 N–H and O–H groups in total. The first-order valence-electron chi connectivity index (χ1n) is 6.18. The Morgan fingerprint density at radius 2 is 1.68 bits per heavy atom. The minimum Gasteiger partial charge on any atom is -0.465 e. The van der Waals surface area contributed by atoms with Crippen LogP contribution >= 0.6 is 0 Å².